The smallest absolute Gasteiger partial charge is 0.311 e. The van der Waals surface area contributed by atoms with Crippen molar-refractivity contribution in [3.05, 3.63) is 22.2 Å². The molecule has 5 nitrogen and oxygen atoms in total. The highest BCUT2D eigenvalue weighted by Gasteiger charge is 2.17. The van der Waals surface area contributed by atoms with Gasteiger partial charge in [-0.15, -0.1) is 11.8 Å². The summed E-state index contributed by atoms with van der Waals surface area (Å²) in [6, 6.07) is 3.10. The van der Waals surface area contributed by atoms with Gasteiger partial charge in [-0.25, -0.2) is 4.98 Å². The molecule has 1 aliphatic rings. The summed E-state index contributed by atoms with van der Waals surface area (Å²) in [6.45, 7) is 0. The molecule has 1 aliphatic carbocycles. The standard InChI is InChI=1S/C11H15N3O2S/c12-11-9(14(15)16)5-6-10(13-11)17-7-8-3-1-2-4-8/h5-6,8H,1-4,7H2,(H2,12,13). The normalized spacial score (nSPS) is 16.2. The van der Waals surface area contributed by atoms with Crippen molar-refractivity contribution >= 4 is 23.3 Å². The lowest BCUT2D eigenvalue weighted by atomic mass is 10.1. The molecule has 1 heterocycles. The van der Waals surface area contributed by atoms with Gasteiger partial charge in [-0.3, -0.25) is 10.1 Å². The van der Waals surface area contributed by atoms with E-state index in [0.717, 1.165) is 16.7 Å². The van der Waals surface area contributed by atoms with Crippen molar-refractivity contribution in [2.24, 2.45) is 5.92 Å². The van der Waals surface area contributed by atoms with Gasteiger partial charge in [0.1, 0.15) is 0 Å². The molecule has 1 saturated carbocycles. The van der Waals surface area contributed by atoms with Gasteiger partial charge in [-0.2, -0.15) is 0 Å². The number of nitrogen functional groups attached to an aromatic ring is 1. The van der Waals surface area contributed by atoms with Crippen LogP contribution in [0.2, 0.25) is 0 Å². The molecular formula is C11H15N3O2S. The fraction of sp³-hybridized carbons (Fsp3) is 0.545. The van der Waals surface area contributed by atoms with Gasteiger partial charge >= 0.3 is 5.69 Å². The molecule has 1 aromatic heterocycles. The largest absolute Gasteiger partial charge is 0.378 e. The predicted octanol–water partition coefficient (Wildman–Crippen LogP) is 2.85. The van der Waals surface area contributed by atoms with Gasteiger partial charge in [0.15, 0.2) is 0 Å². The number of hydrogen-bond acceptors (Lipinski definition) is 5. The molecule has 1 aromatic rings. The van der Waals surface area contributed by atoms with Crippen LogP contribution in [0.1, 0.15) is 25.7 Å². The Morgan fingerprint density at radius 1 is 1.47 bits per heavy atom. The highest BCUT2D eigenvalue weighted by atomic mass is 32.2. The first kappa shape index (κ1) is 12.2. The lowest BCUT2D eigenvalue weighted by Gasteiger charge is -2.07. The minimum atomic E-state index is -0.506. The lowest BCUT2D eigenvalue weighted by Crippen LogP contribution is -2.01. The monoisotopic (exact) mass is 253 g/mol. The van der Waals surface area contributed by atoms with E-state index in [0.29, 0.717) is 0 Å². The van der Waals surface area contributed by atoms with Crippen molar-refractivity contribution in [3.8, 4) is 0 Å². The number of thioether (sulfide) groups is 1. The molecule has 0 amide bonds. The second kappa shape index (κ2) is 5.35. The van der Waals surface area contributed by atoms with Crippen LogP contribution in [0.5, 0.6) is 0 Å². The van der Waals surface area contributed by atoms with Gasteiger partial charge < -0.3 is 5.73 Å². The predicted molar refractivity (Wildman–Crippen MR) is 68.0 cm³/mol. The second-order valence-electron chi connectivity index (χ2n) is 4.27. The van der Waals surface area contributed by atoms with Crippen LogP contribution >= 0.6 is 11.8 Å². The van der Waals surface area contributed by atoms with Crippen LogP contribution in [-0.2, 0) is 0 Å². The first-order valence-electron chi connectivity index (χ1n) is 5.70. The topological polar surface area (TPSA) is 82.0 Å². The van der Waals surface area contributed by atoms with Crippen LogP contribution in [0.15, 0.2) is 17.2 Å². The van der Waals surface area contributed by atoms with Crippen LogP contribution in [0.4, 0.5) is 11.5 Å². The summed E-state index contributed by atoms with van der Waals surface area (Å²) in [5, 5.41) is 11.4. The average Bonchev–Trinajstić information content (AvgIpc) is 2.78. The molecule has 92 valence electrons. The average molecular weight is 253 g/mol. The maximum Gasteiger partial charge on any atom is 0.311 e. The SMILES string of the molecule is Nc1nc(SCC2CCCC2)ccc1[N+](=O)[O-]. The van der Waals surface area contributed by atoms with E-state index < -0.39 is 4.92 Å². The third-order valence-electron chi connectivity index (χ3n) is 3.02. The van der Waals surface area contributed by atoms with E-state index in [-0.39, 0.29) is 11.5 Å². The summed E-state index contributed by atoms with van der Waals surface area (Å²) in [5.74, 6) is 1.80. The molecule has 2 rings (SSSR count). The minimum absolute atomic E-state index is 0.00595. The lowest BCUT2D eigenvalue weighted by molar-refractivity contribution is -0.384. The molecule has 0 radical (unpaired) electrons. The van der Waals surface area contributed by atoms with E-state index in [2.05, 4.69) is 4.98 Å². The number of aromatic nitrogens is 1. The van der Waals surface area contributed by atoms with Gasteiger partial charge in [-0.1, -0.05) is 12.8 Å². The zero-order valence-corrected chi connectivity index (χ0v) is 10.3. The Kier molecular flexibility index (Phi) is 3.83. The van der Waals surface area contributed by atoms with Gasteiger partial charge in [0.2, 0.25) is 5.82 Å². The van der Waals surface area contributed by atoms with E-state index in [4.69, 9.17) is 5.73 Å². The first-order valence-corrected chi connectivity index (χ1v) is 6.69. The van der Waals surface area contributed by atoms with Crippen molar-refractivity contribution in [3.63, 3.8) is 0 Å². The second-order valence-corrected chi connectivity index (χ2v) is 5.31. The first-order chi connectivity index (χ1) is 8.16. The van der Waals surface area contributed by atoms with E-state index in [9.17, 15) is 10.1 Å². The quantitative estimate of drug-likeness (QED) is 0.507. The van der Waals surface area contributed by atoms with Gasteiger partial charge in [0.05, 0.1) is 9.95 Å². The zero-order valence-electron chi connectivity index (χ0n) is 9.46. The molecule has 0 aromatic carbocycles. The number of rotatable bonds is 4. The molecule has 0 aliphatic heterocycles. The van der Waals surface area contributed by atoms with Crippen LogP contribution in [0, 0.1) is 16.0 Å². The van der Waals surface area contributed by atoms with E-state index in [1.54, 1.807) is 17.8 Å². The van der Waals surface area contributed by atoms with Gasteiger partial charge in [-0.05, 0) is 24.8 Å². The molecule has 0 unspecified atom stereocenters. The summed E-state index contributed by atoms with van der Waals surface area (Å²) >= 11 is 1.64. The summed E-state index contributed by atoms with van der Waals surface area (Å²) in [5.41, 5.74) is 5.42. The molecule has 6 heteroatoms. The van der Waals surface area contributed by atoms with E-state index in [1.165, 1.54) is 31.7 Å². The van der Waals surface area contributed by atoms with Gasteiger partial charge in [0.25, 0.3) is 0 Å². The molecule has 1 fully saturated rings. The molecule has 0 spiro atoms. The Balaban J connectivity index is 1.97. The maximum atomic E-state index is 10.6. The number of nitrogens with zero attached hydrogens (tertiary/aromatic N) is 2. The Labute approximate surface area is 104 Å². The van der Waals surface area contributed by atoms with Gasteiger partial charge in [0, 0.05) is 11.8 Å². The van der Waals surface area contributed by atoms with Crippen molar-refractivity contribution in [1.29, 1.82) is 0 Å². The summed E-state index contributed by atoms with van der Waals surface area (Å²) in [6.07, 6.45) is 5.22. The van der Waals surface area contributed by atoms with Crippen LogP contribution in [0.25, 0.3) is 0 Å². The number of anilines is 1. The summed E-state index contributed by atoms with van der Waals surface area (Å²) in [4.78, 5) is 14.1. The van der Waals surface area contributed by atoms with Crippen LogP contribution in [0.3, 0.4) is 0 Å². The van der Waals surface area contributed by atoms with E-state index in [1.807, 2.05) is 0 Å². The molecule has 17 heavy (non-hydrogen) atoms. The number of nitrogens with two attached hydrogens (primary N) is 1. The number of hydrogen-bond donors (Lipinski definition) is 1. The fourth-order valence-electron chi connectivity index (χ4n) is 2.06. The van der Waals surface area contributed by atoms with Crippen LogP contribution in [-0.4, -0.2) is 15.7 Å². The Hall–Kier alpha value is -1.30. The van der Waals surface area contributed by atoms with Crippen LogP contribution < -0.4 is 5.73 Å². The van der Waals surface area contributed by atoms with E-state index >= 15 is 0 Å². The van der Waals surface area contributed by atoms with Crippen molar-refractivity contribution in [2.75, 3.05) is 11.5 Å². The highest BCUT2D eigenvalue weighted by Crippen LogP contribution is 2.31. The summed E-state index contributed by atoms with van der Waals surface area (Å²) < 4.78 is 0. The molecular weight excluding hydrogens is 238 g/mol. The maximum absolute atomic E-state index is 10.6. The number of nitro groups is 1. The van der Waals surface area contributed by atoms with Crippen molar-refractivity contribution < 1.29 is 4.92 Å². The molecule has 0 saturated heterocycles. The fourth-order valence-corrected chi connectivity index (χ4v) is 3.13. The highest BCUT2D eigenvalue weighted by molar-refractivity contribution is 7.99. The minimum Gasteiger partial charge on any atom is -0.378 e. The van der Waals surface area contributed by atoms with Crippen molar-refractivity contribution in [1.82, 2.24) is 4.98 Å². The molecule has 0 atom stereocenters. The molecule has 2 N–H and O–H groups in total. The zero-order chi connectivity index (χ0) is 12.3. The third-order valence-corrected chi connectivity index (χ3v) is 4.18. The third kappa shape index (κ3) is 3.09. The number of pyridine rings is 1. The Morgan fingerprint density at radius 3 is 2.76 bits per heavy atom. The Morgan fingerprint density at radius 2 is 2.18 bits per heavy atom. The Bertz CT molecular complexity index is 419. The summed E-state index contributed by atoms with van der Waals surface area (Å²) in [7, 11) is 0. The molecule has 0 bridgehead atoms. The van der Waals surface area contributed by atoms with Crippen molar-refractivity contribution in [2.45, 2.75) is 30.7 Å².